The minimum atomic E-state index is -1.42. The van der Waals surface area contributed by atoms with Gasteiger partial charge in [0.15, 0.2) is 0 Å². The standard InChI is InChI=1S/C13H23N5O6/c1-5(2)10(13(23)24)18-12(22)7(4-9(16)20)17-11(21)6(14)3-8(15)19/h5-7,10H,3-4,14H2,1-2H3,(H2,15,19)(H2,16,20)(H,17,21)(H,18,22)(H,23,24)/t6-,7-,10-/m0/s1. The smallest absolute Gasteiger partial charge is 0.326 e. The average Bonchev–Trinajstić information content (AvgIpc) is 2.41. The monoisotopic (exact) mass is 345 g/mol. The molecule has 0 bridgehead atoms. The van der Waals surface area contributed by atoms with E-state index in [0.717, 1.165) is 0 Å². The van der Waals surface area contributed by atoms with Crippen molar-refractivity contribution in [2.75, 3.05) is 0 Å². The topological polar surface area (TPSA) is 208 Å². The van der Waals surface area contributed by atoms with Gasteiger partial charge in [0.1, 0.15) is 12.1 Å². The molecule has 0 unspecified atom stereocenters. The third kappa shape index (κ3) is 7.54. The van der Waals surface area contributed by atoms with Gasteiger partial charge in [0.25, 0.3) is 0 Å². The summed E-state index contributed by atoms with van der Waals surface area (Å²) in [6, 6.07) is -3.95. The van der Waals surface area contributed by atoms with Crippen molar-refractivity contribution in [1.29, 1.82) is 0 Å². The summed E-state index contributed by atoms with van der Waals surface area (Å²) in [5, 5.41) is 13.4. The lowest BCUT2D eigenvalue weighted by molar-refractivity contribution is -0.143. The number of nitrogens with one attached hydrogen (secondary N) is 2. The van der Waals surface area contributed by atoms with Crippen molar-refractivity contribution >= 4 is 29.6 Å². The van der Waals surface area contributed by atoms with Crippen LogP contribution >= 0.6 is 0 Å². The Labute approximate surface area is 138 Å². The zero-order valence-corrected chi connectivity index (χ0v) is 13.4. The predicted octanol–water partition coefficient (Wildman–Crippen LogP) is -3.23. The molecule has 0 saturated carbocycles. The van der Waals surface area contributed by atoms with E-state index in [-0.39, 0.29) is 0 Å². The number of hydrogen-bond donors (Lipinski definition) is 6. The highest BCUT2D eigenvalue weighted by molar-refractivity contribution is 5.95. The van der Waals surface area contributed by atoms with Crippen LogP contribution < -0.4 is 27.8 Å². The number of hydrogen-bond acceptors (Lipinski definition) is 6. The van der Waals surface area contributed by atoms with E-state index in [4.69, 9.17) is 22.3 Å². The fraction of sp³-hybridized carbons (Fsp3) is 0.615. The third-order valence-electron chi connectivity index (χ3n) is 3.03. The number of rotatable bonds is 10. The Morgan fingerprint density at radius 2 is 1.42 bits per heavy atom. The Bertz CT molecular complexity index is 521. The number of nitrogens with two attached hydrogens (primary N) is 3. The van der Waals surface area contributed by atoms with Crippen LogP contribution in [0.2, 0.25) is 0 Å². The van der Waals surface area contributed by atoms with E-state index in [1.165, 1.54) is 0 Å². The summed E-state index contributed by atoms with van der Waals surface area (Å²) in [6.45, 7) is 3.15. The van der Waals surface area contributed by atoms with Crippen molar-refractivity contribution < 1.29 is 29.1 Å². The predicted molar refractivity (Wildman–Crippen MR) is 81.9 cm³/mol. The summed E-state index contributed by atoms with van der Waals surface area (Å²) < 4.78 is 0. The van der Waals surface area contributed by atoms with Crippen molar-refractivity contribution in [3.8, 4) is 0 Å². The molecule has 11 heteroatoms. The minimum Gasteiger partial charge on any atom is -0.480 e. The highest BCUT2D eigenvalue weighted by atomic mass is 16.4. The number of amides is 4. The summed E-state index contributed by atoms with van der Waals surface area (Å²) in [6.07, 6.45) is -1.02. The summed E-state index contributed by atoms with van der Waals surface area (Å²) in [7, 11) is 0. The van der Waals surface area contributed by atoms with Gasteiger partial charge in [-0.2, -0.15) is 0 Å². The second-order valence-corrected chi connectivity index (χ2v) is 5.58. The zero-order valence-electron chi connectivity index (χ0n) is 13.4. The maximum absolute atomic E-state index is 12.1. The SMILES string of the molecule is CC(C)[C@H](NC(=O)[C@H](CC(N)=O)NC(=O)[C@@H](N)CC(N)=O)C(=O)O. The molecule has 0 aromatic rings. The minimum absolute atomic E-state index is 0.437. The second kappa shape index (κ2) is 9.45. The van der Waals surface area contributed by atoms with Gasteiger partial charge in [0.05, 0.1) is 18.9 Å². The molecule has 0 aliphatic heterocycles. The van der Waals surface area contributed by atoms with Crippen molar-refractivity contribution in [3.63, 3.8) is 0 Å². The van der Waals surface area contributed by atoms with E-state index < -0.39 is 66.5 Å². The first-order chi connectivity index (χ1) is 11.0. The van der Waals surface area contributed by atoms with Gasteiger partial charge < -0.3 is 32.9 Å². The van der Waals surface area contributed by atoms with Gasteiger partial charge in [0.2, 0.25) is 23.6 Å². The molecule has 0 spiro atoms. The van der Waals surface area contributed by atoms with E-state index in [1.54, 1.807) is 13.8 Å². The van der Waals surface area contributed by atoms with Gasteiger partial charge in [-0.1, -0.05) is 13.8 Å². The normalized spacial score (nSPS) is 14.3. The van der Waals surface area contributed by atoms with E-state index in [1.807, 2.05) is 0 Å². The Hall–Kier alpha value is -2.69. The Kier molecular flexibility index (Phi) is 8.39. The van der Waals surface area contributed by atoms with Crippen LogP contribution in [0.3, 0.4) is 0 Å². The third-order valence-corrected chi connectivity index (χ3v) is 3.03. The fourth-order valence-electron chi connectivity index (χ4n) is 1.77. The Morgan fingerprint density at radius 1 is 0.917 bits per heavy atom. The van der Waals surface area contributed by atoms with Gasteiger partial charge in [-0.25, -0.2) is 4.79 Å². The molecule has 0 aliphatic carbocycles. The number of carboxylic acids is 1. The van der Waals surface area contributed by atoms with Gasteiger partial charge in [-0.3, -0.25) is 19.2 Å². The fourth-order valence-corrected chi connectivity index (χ4v) is 1.77. The molecule has 11 nitrogen and oxygen atoms in total. The number of carbonyl (C=O) groups is 5. The second-order valence-electron chi connectivity index (χ2n) is 5.58. The molecule has 0 aromatic heterocycles. The molecule has 0 rings (SSSR count). The van der Waals surface area contributed by atoms with Crippen LogP contribution in [0.1, 0.15) is 26.7 Å². The molecule has 4 amide bonds. The molecular weight excluding hydrogens is 322 g/mol. The van der Waals surface area contributed by atoms with Crippen molar-refractivity contribution in [2.45, 2.75) is 44.8 Å². The summed E-state index contributed by atoms with van der Waals surface area (Å²) in [5.41, 5.74) is 15.4. The summed E-state index contributed by atoms with van der Waals surface area (Å²) in [4.78, 5) is 56.9. The molecular formula is C13H23N5O6. The average molecular weight is 345 g/mol. The quantitative estimate of drug-likeness (QED) is 0.238. The van der Waals surface area contributed by atoms with E-state index in [0.29, 0.717) is 0 Å². The van der Waals surface area contributed by atoms with Crippen LogP contribution in [0.5, 0.6) is 0 Å². The molecule has 0 heterocycles. The zero-order chi connectivity index (χ0) is 19.0. The first-order valence-corrected chi connectivity index (χ1v) is 7.11. The molecule has 24 heavy (non-hydrogen) atoms. The lowest BCUT2D eigenvalue weighted by atomic mass is 10.0. The number of carbonyl (C=O) groups excluding carboxylic acids is 4. The van der Waals surface area contributed by atoms with Crippen LogP contribution in [0, 0.1) is 5.92 Å². The number of primary amides is 2. The molecule has 0 saturated heterocycles. The first kappa shape index (κ1) is 21.3. The summed E-state index contributed by atoms with van der Waals surface area (Å²) in [5.74, 6) is -5.22. The maximum atomic E-state index is 12.1. The maximum Gasteiger partial charge on any atom is 0.326 e. The lowest BCUT2D eigenvalue weighted by Crippen LogP contribution is -2.56. The first-order valence-electron chi connectivity index (χ1n) is 7.11. The van der Waals surface area contributed by atoms with E-state index >= 15 is 0 Å². The van der Waals surface area contributed by atoms with Gasteiger partial charge >= 0.3 is 5.97 Å². The van der Waals surface area contributed by atoms with Crippen LogP contribution in [0.4, 0.5) is 0 Å². The Balaban J connectivity index is 5.08. The van der Waals surface area contributed by atoms with Crippen molar-refractivity contribution in [2.24, 2.45) is 23.1 Å². The summed E-state index contributed by atoms with van der Waals surface area (Å²) >= 11 is 0. The molecule has 136 valence electrons. The number of carboxylic acid groups (broad SMARTS) is 1. The van der Waals surface area contributed by atoms with Crippen molar-refractivity contribution in [3.05, 3.63) is 0 Å². The number of aliphatic carboxylic acids is 1. The van der Waals surface area contributed by atoms with Crippen LogP contribution in [-0.4, -0.2) is 52.8 Å². The van der Waals surface area contributed by atoms with Gasteiger partial charge in [0, 0.05) is 0 Å². The Morgan fingerprint density at radius 3 is 1.79 bits per heavy atom. The lowest BCUT2D eigenvalue weighted by Gasteiger charge is -2.23. The van der Waals surface area contributed by atoms with E-state index in [9.17, 15) is 24.0 Å². The molecule has 0 fully saturated rings. The highest BCUT2D eigenvalue weighted by Crippen LogP contribution is 2.04. The highest BCUT2D eigenvalue weighted by Gasteiger charge is 2.30. The van der Waals surface area contributed by atoms with Crippen LogP contribution in [0.15, 0.2) is 0 Å². The molecule has 0 aromatic carbocycles. The largest absolute Gasteiger partial charge is 0.480 e. The molecule has 3 atom stereocenters. The molecule has 0 aliphatic rings. The van der Waals surface area contributed by atoms with Crippen LogP contribution in [0.25, 0.3) is 0 Å². The van der Waals surface area contributed by atoms with E-state index in [2.05, 4.69) is 10.6 Å². The van der Waals surface area contributed by atoms with Crippen LogP contribution in [-0.2, 0) is 24.0 Å². The van der Waals surface area contributed by atoms with Gasteiger partial charge in [-0.15, -0.1) is 0 Å². The molecule has 9 N–H and O–H groups in total. The van der Waals surface area contributed by atoms with Gasteiger partial charge in [-0.05, 0) is 5.92 Å². The molecule has 0 radical (unpaired) electrons. The van der Waals surface area contributed by atoms with Crippen molar-refractivity contribution in [1.82, 2.24) is 10.6 Å².